The van der Waals surface area contributed by atoms with E-state index in [0.717, 1.165) is 49.8 Å². The molecule has 5 rings (SSSR count). The number of urea groups is 1. The number of halogens is 2. The molecule has 2 aromatic rings. The minimum absolute atomic E-state index is 0.307. The summed E-state index contributed by atoms with van der Waals surface area (Å²) in [5, 5.41) is 3.77. The summed E-state index contributed by atoms with van der Waals surface area (Å²) < 4.78 is 0. The number of guanidine groups is 1. The Labute approximate surface area is 208 Å². The van der Waals surface area contributed by atoms with Gasteiger partial charge in [0.1, 0.15) is 0 Å². The number of hydrogen-bond acceptors (Lipinski definition) is 6. The number of carbonyl (C=O) groups excluding carboxylic acids is 2. The van der Waals surface area contributed by atoms with Gasteiger partial charge in [-0.3, -0.25) is 15.0 Å². The summed E-state index contributed by atoms with van der Waals surface area (Å²) >= 11 is 12.4. The SMILES string of the molecule is CN1C(=O)NC(=O)C2C1N=C(N1CCN(Cc3ccc(Cl)cc3Cl)CC1)N2Cc1ccccc1. The van der Waals surface area contributed by atoms with Crippen LogP contribution in [0.2, 0.25) is 10.0 Å². The Hall–Kier alpha value is -2.81. The second kappa shape index (κ2) is 9.44. The van der Waals surface area contributed by atoms with Crippen molar-refractivity contribution in [2.75, 3.05) is 33.2 Å². The zero-order chi connectivity index (χ0) is 23.8. The topological polar surface area (TPSA) is 71.5 Å². The molecular weight excluding hydrogens is 475 g/mol. The minimum Gasteiger partial charge on any atom is -0.340 e. The quantitative estimate of drug-likeness (QED) is 0.698. The summed E-state index contributed by atoms with van der Waals surface area (Å²) in [4.78, 5) is 38.1. The smallest absolute Gasteiger partial charge is 0.325 e. The van der Waals surface area contributed by atoms with Gasteiger partial charge in [-0.15, -0.1) is 0 Å². The van der Waals surface area contributed by atoms with Gasteiger partial charge < -0.3 is 14.7 Å². The van der Waals surface area contributed by atoms with E-state index in [-0.39, 0.29) is 5.91 Å². The van der Waals surface area contributed by atoms with Crippen LogP contribution < -0.4 is 5.32 Å². The van der Waals surface area contributed by atoms with Crippen molar-refractivity contribution < 1.29 is 9.59 Å². The normalized spacial score (nSPS) is 23.1. The average Bonchev–Trinajstić information content (AvgIpc) is 3.20. The molecule has 3 heterocycles. The van der Waals surface area contributed by atoms with Crippen molar-refractivity contribution >= 4 is 41.1 Å². The Bertz CT molecular complexity index is 1120. The van der Waals surface area contributed by atoms with Gasteiger partial charge in [-0.1, -0.05) is 59.6 Å². The maximum Gasteiger partial charge on any atom is 0.325 e. The molecule has 3 amide bonds. The van der Waals surface area contributed by atoms with Crippen LogP contribution in [0.4, 0.5) is 4.79 Å². The van der Waals surface area contributed by atoms with Gasteiger partial charge in [0, 0.05) is 56.4 Å². The number of rotatable bonds is 4. The molecule has 0 radical (unpaired) electrons. The molecular formula is C24H26Cl2N6O2. The van der Waals surface area contributed by atoms with Gasteiger partial charge in [-0.2, -0.15) is 0 Å². The lowest BCUT2D eigenvalue weighted by Crippen LogP contribution is -2.64. The van der Waals surface area contributed by atoms with E-state index in [1.165, 1.54) is 4.90 Å². The van der Waals surface area contributed by atoms with E-state index in [1.807, 2.05) is 47.4 Å². The number of nitrogens with zero attached hydrogens (tertiary/aromatic N) is 5. The van der Waals surface area contributed by atoms with Gasteiger partial charge in [-0.05, 0) is 23.3 Å². The van der Waals surface area contributed by atoms with Crippen molar-refractivity contribution in [3.63, 3.8) is 0 Å². The Morgan fingerprint density at radius 3 is 2.44 bits per heavy atom. The summed E-state index contributed by atoms with van der Waals surface area (Å²) in [6.07, 6.45) is -0.536. The molecule has 2 atom stereocenters. The molecule has 1 N–H and O–H groups in total. The molecule has 0 spiro atoms. The number of hydrogen-bond donors (Lipinski definition) is 1. The highest BCUT2D eigenvalue weighted by Crippen LogP contribution is 2.28. The molecule has 3 aliphatic rings. The first-order valence-corrected chi connectivity index (χ1v) is 12.0. The van der Waals surface area contributed by atoms with Crippen molar-refractivity contribution in [3.8, 4) is 0 Å². The van der Waals surface area contributed by atoms with Gasteiger partial charge in [0.05, 0.1) is 0 Å². The second-order valence-electron chi connectivity index (χ2n) is 8.81. The van der Waals surface area contributed by atoms with E-state index in [1.54, 1.807) is 13.1 Å². The van der Waals surface area contributed by atoms with E-state index >= 15 is 0 Å². The second-order valence-corrected chi connectivity index (χ2v) is 9.65. The lowest BCUT2D eigenvalue weighted by atomic mass is 10.1. The molecule has 34 heavy (non-hydrogen) atoms. The maximum absolute atomic E-state index is 12.8. The molecule has 0 aliphatic carbocycles. The maximum atomic E-state index is 12.8. The van der Waals surface area contributed by atoms with Crippen molar-refractivity contribution in [2.24, 2.45) is 4.99 Å². The fourth-order valence-corrected chi connectivity index (χ4v) is 5.19. The molecule has 0 bridgehead atoms. The van der Waals surface area contributed by atoms with Crippen LogP contribution >= 0.6 is 23.2 Å². The van der Waals surface area contributed by atoms with E-state index in [0.29, 0.717) is 16.6 Å². The Morgan fingerprint density at radius 1 is 1.00 bits per heavy atom. The lowest BCUT2D eigenvalue weighted by molar-refractivity contribution is -0.127. The number of imide groups is 1. The first kappa shape index (κ1) is 23.0. The number of amides is 3. The summed E-state index contributed by atoms with van der Waals surface area (Å²) in [6.45, 7) is 4.45. The van der Waals surface area contributed by atoms with E-state index in [4.69, 9.17) is 28.2 Å². The Balaban J connectivity index is 1.33. The zero-order valence-corrected chi connectivity index (χ0v) is 20.3. The van der Waals surface area contributed by atoms with Crippen molar-refractivity contribution in [1.82, 2.24) is 24.9 Å². The molecule has 2 fully saturated rings. The third-order valence-corrected chi connectivity index (χ3v) is 7.19. The van der Waals surface area contributed by atoms with Crippen LogP contribution in [0.5, 0.6) is 0 Å². The molecule has 178 valence electrons. The lowest BCUT2D eigenvalue weighted by Gasteiger charge is -2.40. The van der Waals surface area contributed by atoms with Gasteiger partial charge in [-0.25, -0.2) is 9.79 Å². The number of benzene rings is 2. The van der Waals surface area contributed by atoms with Gasteiger partial charge in [0.25, 0.3) is 5.91 Å². The van der Waals surface area contributed by atoms with E-state index in [2.05, 4.69) is 15.1 Å². The van der Waals surface area contributed by atoms with E-state index < -0.39 is 18.2 Å². The number of nitrogens with one attached hydrogen (secondary N) is 1. The highest BCUT2D eigenvalue weighted by molar-refractivity contribution is 6.35. The van der Waals surface area contributed by atoms with Gasteiger partial charge in [0.15, 0.2) is 18.2 Å². The van der Waals surface area contributed by atoms with Gasteiger partial charge in [0.2, 0.25) is 0 Å². The molecule has 0 aromatic heterocycles. The van der Waals surface area contributed by atoms with Crippen LogP contribution in [-0.2, 0) is 17.9 Å². The predicted octanol–water partition coefficient (Wildman–Crippen LogP) is 2.86. The van der Waals surface area contributed by atoms with Crippen LogP contribution in [0, 0.1) is 0 Å². The third-order valence-electron chi connectivity index (χ3n) is 6.60. The first-order chi connectivity index (χ1) is 16.4. The van der Waals surface area contributed by atoms with Crippen molar-refractivity contribution in [3.05, 3.63) is 69.7 Å². The molecule has 10 heteroatoms. The van der Waals surface area contributed by atoms with Crippen LogP contribution in [0.3, 0.4) is 0 Å². The monoisotopic (exact) mass is 500 g/mol. The largest absolute Gasteiger partial charge is 0.340 e. The fourth-order valence-electron chi connectivity index (χ4n) is 4.72. The van der Waals surface area contributed by atoms with Gasteiger partial charge >= 0.3 is 6.03 Å². The molecule has 2 aromatic carbocycles. The highest BCUT2D eigenvalue weighted by atomic mass is 35.5. The summed E-state index contributed by atoms with van der Waals surface area (Å²) in [5.41, 5.74) is 2.13. The number of likely N-dealkylation sites (N-methyl/N-ethyl adjacent to an activating group) is 1. The number of piperazine rings is 1. The summed E-state index contributed by atoms with van der Waals surface area (Å²) in [5.74, 6) is 0.457. The van der Waals surface area contributed by atoms with Crippen LogP contribution in [-0.4, -0.2) is 82.9 Å². The molecule has 8 nitrogen and oxygen atoms in total. The third kappa shape index (κ3) is 4.45. The van der Waals surface area contributed by atoms with Crippen molar-refractivity contribution in [2.45, 2.75) is 25.3 Å². The number of carbonyl (C=O) groups is 2. The van der Waals surface area contributed by atoms with Crippen LogP contribution in [0.25, 0.3) is 0 Å². The van der Waals surface area contributed by atoms with Crippen molar-refractivity contribution in [1.29, 1.82) is 0 Å². The minimum atomic E-state index is -0.552. The molecule has 2 unspecified atom stereocenters. The van der Waals surface area contributed by atoms with Crippen LogP contribution in [0.1, 0.15) is 11.1 Å². The summed E-state index contributed by atoms with van der Waals surface area (Å²) in [6, 6.07) is 14.6. The van der Waals surface area contributed by atoms with E-state index in [9.17, 15) is 9.59 Å². The standard InChI is InChI=1S/C24H26Cl2N6O2/c1-29-21-20(22(33)28-24(29)34)32(14-16-5-3-2-4-6-16)23(27-21)31-11-9-30(10-12-31)15-17-7-8-18(25)13-19(17)26/h2-8,13,20-21H,9-12,14-15H2,1H3,(H,28,33,34). The summed E-state index contributed by atoms with van der Waals surface area (Å²) in [7, 11) is 1.68. The fraction of sp³-hybridized carbons (Fsp3) is 0.375. The first-order valence-electron chi connectivity index (χ1n) is 11.3. The molecule has 2 saturated heterocycles. The molecule has 3 aliphatic heterocycles. The van der Waals surface area contributed by atoms with Crippen LogP contribution in [0.15, 0.2) is 53.5 Å². The number of fused-ring (bicyclic) bond motifs is 1. The highest BCUT2D eigenvalue weighted by Gasteiger charge is 2.49. The molecule has 0 saturated carbocycles. The predicted molar refractivity (Wildman–Crippen MR) is 132 cm³/mol. The average molecular weight is 501 g/mol. The zero-order valence-electron chi connectivity index (χ0n) is 18.8. The Morgan fingerprint density at radius 2 is 1.74 bits per heavy atom. The number of aliphatic imine (C=N–C) groups is 1. The Kier molecular flexibility index (Phi) is 6.38.